The first-order valence-electron chi connectivity index (χ1n) is 27.2. The van der Waals surface area contributed by atoms with E-state index in [2.05, 4.69) is 42.5 Å². The number of alkyl halides is 3. The zero-order valence-corrected chi connectivity index (χ0v) is 57.0. The SMILES string of the molecule is O=C(Nc1ccc(Cl)c(Cl)c1)c1cc(Cl)ccc1O.O=C(Nc1ccc([N+](=O)[O-])cc1)c1cc(Cl)ccc1O.O=C(Nc1ccc([N+](=O)[O-])cc1Cl)c1cc(Cl)ccc1O.O=C(Nc1cccc(Br)c1)c1cc(Cl)ccc1O.O=C(Nc1cccc(C(F)(F)F)c1)c1cc(Cl)ccc1O. The molecule has 510 valence electrons. The smallest absolute Gasteiger partial charge is 0.416 e. The summed E-state index contributed by atoms with van der Waals surface area (Å²) in [6.07, 6.45) is -4.50. The molecular weight excluding hydrogens is 1540 g/mol. The van der Waals surface area contributed by atoms with Gasteiger partial charge in [0.1, 0.15) is 28.7 Å². The van der Waals surface area contributed by atoms with Gasteiger partial charge in [0.25, 0.3) is 40.9 Å². The van der Waals surface area contributed by atoms with Crippen LogP contribution in [0.5, 0.6) is 28.7 Å². The fraction of sp³-hybridized carbons (Fsp3) is 0.0152. The van der Waals surface area contributed by atoms with E-state index in [0.717, 1.165) is 22.7 Å². The molecular formula is C66H43BrCl8F3N7O14. The molecule has 0 aromatic heterocycles. The first-order chi connectivity index (χ1) is 46.6. The molecule has 0 aliphatic rings. The molecule has 0 saturated carbocycles. The number of carbonyl (C=O) groups is 5. The van der Waals surface area contributed by atoms with Crippen LogP contribution in [-0.4, -0.2) is 64.9 Å². The average molecular weight is 1580 g/mol. The summed E-state index contributed by atoms with van der Waals surface area (Å²) < 4.78 is 38.6. The number of amides is 5. The molecule has 99 heavy (non-hydrogen) atoms. The monoisotopic (exact) mass is 1570 g/mol. The Balaban J connectivity index is 0.000000195. The molecule has 21 nitrogen and oxygen atoms in total. The molecule has 10 rings (SSSR count). The van der Waals surface area contributed by atoms with Gasteiger partial charge in [-0.3, -0.25) is 44.2 Å². The number of phenolic OH excluding ortho intramolecular Hbond substituents is 5. The Bertz CT molecular complexity index is 4700. The lowest BCUT2D eigenvalue weighted by Gasteiger charge is -2.10. The highest BCUT2D eigenvalue weighted by atomic mass is 79.9. The van der Waals surface area contributed by atoms with Crippen molar-refractivity contribution in [3.63, 3.8) is 0 Å². The van der Waals surface area contributed by atoms with Crippen molar-refractivity contribution in [3.05, 3.63) is 298 Å². The second-order valence-corrected chi connectivity index (χ2v) is 23.8. The molecule has 0 heterocycles. The first kappa shape index (κ1) is 77.9. The number of benzene rings is 10. The zero-order valence-electron chi connectivity index (χ0n) is 49.4. The van der Waals surface area contributed by atoms with E-state index in [9.17, 15) is 82.9 Å². The molecule has 5 amide bonds. The van der Waals surface area contributed by atoms with E-state index >= 15 is 0 Å². The van der Waals surface area contributed by atoms with Crippen molar-refractivity contribution < 1.29 is 72.5 Å². The minimum absolute atomic E-state index is 0.0130. The van der Waals surface area contributed by atoms with E-state index in [1.165, 1.54) is 146 Å². The molecule has 0 aliphatic carbocycles. The number of halogens is 12. The lowest BCUT2D eigenvalue weighted by Crippen LogP contribution is -2.13. The summed E-state index contributed by atoms with van der Waals surface area (Å²) in [6, 6.07) is 45.5. The fourth-order valence-corrected chi connectivity index (χ4v) is 9.51. The van der Waals surface area contributed by atoms with Crippen molar-refractivity contribution >= 4 is 178 Å². The third kappa shape index (κ3) is 23.9. The van der Waals surface area contributed by atoms with Gasteiger partial charge in [-0.2, -0.15) is 13.2 Å². The highest BCUT2D eigenvalue weighted by molar-refractivity contribution is 9.10. The van der Waals surface area contributed by atoms with Crippen molar-refractivity contribution in [1.29, 1.82) is 0 Å². The van der Waals surface area contributed by atoms with Gasteiger partial charge in [-0.1, -0.05) is 121 Å². The first-order valence-corrected chi connectivity index (χ1v) is 31.0. The van der Waals surface area contributed by atoms with Gasteiger partial charge in [0, 0.05) is 76.6 Å². The van der Waals surface area contributed by atoms with Gasteiger partial charge in [0.15, 0.2) is 0 Å². The Morgan fingerprint density at radius 1 is 0.354 bits per heavy atom. The normalized spacial score (nSPS) is 10.4. The summed E-state index contributed by atoms with van der Waals surface area (Å²) in [4.78, 5) is 79.8. The van der Waals surface area contributed by atoms with Gasteiger partial charge in [0.05, 0.1) is 64.0 Å². The molecule has 0 radical (unpaired) electrons. The van der Waals surface area contributed by atoms with Crippen molar-refractivity contribution in [2.45, 2.75) is 6.18 Å². The number of phenols is 5. The van der Waals surface area contributed by atoms with Gasteiger partial charge < -0.3 is 52.1 Å². The van der Waals surface area contributed by atoms with Crippen molar-refractivity contribution in [1.82, 2.24) is 0 Å². The average Bonchev–Trinajstić information content (AvgIpc) is 0.877. The predicted molar refractivity (Wildman–Crippen MR) is 379 cm³/mol. The minimum Gasteiger partial charge on any atom is -0.507 e. The van der Waals surface area contributed by atoms with Crippen LogP contribution in [0.1, 0.15) is 57.4 Å². The third-order valence-corrected chi connectivity index (χ3v) is 15.2. The highest BCUT2D eigenvalue weighted by Crippen LogP contribution is 2.34. The Hall–Kier alpha value is -10.1. The molecule has 0 saturated heterocycles. The lowest BCUT2D eigenvalue weighted by molar-refractivity contribution is -0.385. The van der Waals surface area contributed by atoms with Crippen LogP contribution in [0.2, 0.25) is 40.2 Å². The highest BCUT2D eigenvalue weighted by Gasteiger charge is 2.31. The van der Waals surface area contributed by atoms with Gasteiger partial charge in [-0.25, -0.2) is 0 Å². The molecule has 10 aromatic rings. The second-order valence-electron chi connectivity index (χ2n) is 19.5. The van der Waals surface area contributed by atoms with Gasteiger partial charge in [-0.05, 0) is 164 Å². The van der Waals surface area contributed by atoms with Crippen LogP contribution in [0.15, 0.2) is 205 Å². The van der Waals surface area contributed by atoms with Crippen molar-refractivity contribution in [3.8, 4) is 28.7 Å². The number of carbonyl (C=O) groups excluding carboxylic acids is 5. The summed E-state index contributed by atoms with van der Waals surface area (Å²) in [5.74, 6) is -3.85. The molecule has 0 aliphatic heterocycles. The summed E-state index contributed by atoms with van der Waals surface area (Å²) in [5, 5.41) is 84.0. The number of hydrogen-bond acceptors (Lipinski definition) is 14. The summed E-state index contributed by atoms with van der Waals surface area (Å²) in [5.41, 5.74) is 0.579. The summed E-state index contributed by atoms with van der Waals surface area (Å²) >= 11 is 49.6. The van der Waals surface area contributed by atoms with E-state index in [1.54, 1.807) is 30.3 Å². The van der Waals surface area contributed by atoms with Crippen molar-refractivity contribution in [2.75, 3.05) is 26.6 Å². The van der Waals surface area contributed by atoms with Crippen molar-refractivity contribution in [2.24, 2.45) is 0 Å². The predicted octanol–water partition coefficient (Wildman–Crippen LogP) is 20.0. The number of non-ortho nitro benzene ring substituents is 2. The molecule has 0 spiro atoms. The summed E-state index contributed by atoms with van der Waals surface area (Å²) in [7, 11) is 0. The van der Waals surface area contributed by atoms with Crippen LogP contribution in [0.4, 0.5) is 53.0 Å². The van der Waals surface area contributed by atoms with E-state index in [-0.39, 0.29) is 94.4 Å². The largest absolute Gasteiger partial charge is 0.507 e. The van der Waals surface area contributed by atoms with E-state index in [4.69, 9.17) is 92.8 Å². The van der Waals surface area contributed by atoms with Crippen LogP contribution in [-0.2, 0) is 6.18 Å². The van der Waals surface area contributed by atoms with Crippen LogP contribution in [0, 0.1) is 20.2 Å². The Morgan fingerprint density at radius 3 is 1.04 bits per heavy atom. The van der Waals surface area contributed by atoms with Gasteiger partial charge >= 0.3 is 6.18 Å². The maximum atomic E-state index is 12.6. The molecule has 33 heteroatoms. The summed E-state index contributed by atoms with van der Waals surface area (Å²) in [6.45, 7) is 0. The molecule has 0 bridgehead atoms. The lowest BCUT2D eigenvalue weighted by atomic mass is 10.1. The molecule has 0 unspecified atom stereocenters. The zero-order chi connectivity index (χ0) is 73.0. The molecule has 0 fully saturated rings. The van der Waals surface area contributed by atoms with Crippen LogP contribution >= 0.6 is 109 Å². The Kier molecular flexibility index (Phi) is 28.3. The Morgan fingerprint density at radius 2 is 0.687 bits per heavy atom. The van der Waals surface area contributed by atoms with Gasteiger partial charge in [-0.15, -0.1) is 0 Å². The quantitative estimate of drug-likeness (QED) is 0.0402. The number of nitrogens with zero attached hydrogens (tertiary/aromatic N) is 2. The maximum absolute atomic E-state index is 12.6. The van der Waals surface area contributed by atoms with Crippen LogP contribution < -0.4 is 26.6 Å². The van der Waals surface area contributed by atoms with Crippen LogP contribution in [0.25, 0.3) is 0 Å². The number of rotatable bonds is 12. The second kappa shape index (κ2) is 36.0. The fourth-order valence-electron chi connectivity index (χ4n) is 7.73. The number of nitrogens with one attached hydrogen (secondary N) is 5. The van der Waals surface area contributed by atoms with E-state index in [0.29, 0.717) is 42.2 Å². The standard InChI is InChI=1S/C14H9ClF3NO2.C13H9BrClNO2.C13H8Cl3NO2.C13H8Cl2N2O4.C13H9ClN2O4/c15-9-4-5-12(20)11(7-9)13(21)19-10-3-1-2-8(6-10)14(16,17)18;14-8-2-1-3-10(6-8)16-13(18)11-7-9(15)4-5-12(11)17;14-7-1-4-12(18)9(5-7)13(19)17-8-2-3-10(15)11(16)6-8;14-7-1-4-12(18)9(5-7)13(19)16-11-3-2-8(17(20)21)6-10(11)15;14-8-1-6-12(17)11(7-8)13(18)15-9-2-4-10(5-3-9)16(19)20/h1-7,20H,(H,19,21);1-7,17H,(H,16,18);1-6,18H,(H,17,19);1-6,18H,(H,16,19);1-7,17H,(H,15,18). The van der Waals surface area contributed by atoms with E-state index in [1.807, 2.05) is 6.07 Å². The number of hydrogen-bond donors (Lipinski definition) is 10. The topological polar surface area (TPSA) is 333 Å². The number of nitro benzene ring substituents is 2. The van der Waals surface area contributed by atoms with E-state index < -0.39 is 51.1 Å². The number of nitro groups is 2. The molecule has 10 N–H and O–H groups in total. The molecule has 0 atom stereocenters. The molecule has 10 aromatic carbocycles. The van der Waals surface area contributed by atoms with Crippen LogP contribution in [0.3, 0.4) is 0 Å². The number of aromatic hydroxyl groups is 5. The Labute approximate surface area is 606 Å². The minimum atomic E-state index is -4.50. The maximum Gasteiger partial charge on any atom is 0.416 e. The number of anilines is 5. The third-order valence-electron chi connectivity index (χ3n) is 12.5. The van der Waals surface area contributed by atoms with Gasteiger partial charge in [0.2, 0.25) is 0 Å².